The van der Waals surface area contributed by atoms with E-state index in [0.717, 1.165) is 12.0 Å². The van der Waals surface area contributed by atoms with E-state index in [-0.39, 0.29) is 0 Å². The number of nitrogens with one attached hydrogen (secondary N) is 2. The highest BCUT2D eigenvalue weighted by atomic mass is 15.4. The van der Waals surface area contributed by atoms with Gasteiger partial charge < -0.3 is 0 Å². The molecule has 2 rings (SSSR count). The van der Waals surface area contributed by atoms with Crippen LogP contribution in [-0.4, -0.2) is 6.04 Å². The average molecular weight is 139 g/mol. The van der Waals surface area contributed by atoms with Crippen molar-refractivity contribution < 1.29 is 0 Å². The third kappa shape index (κ3) is 1.18. The highest BCUT2D eigenvalue weighted by Gasteiger charge is 2.26. The molecule has 2 aliphatic rings. The van der Waals surface area contributed by atoms with Crippen molar-refractivity contribution in [3.63, 3.8) is 0 Å². The second-order valence-electron chi connectivity index (χ2n) is 3.38. The molecule has 1 heterocycles. The molecule has 2 atom stereocenters. The van der Waals surface area contributed by atoms with E-state index in [1.54, 1.807) is 0 Å². The van der Waals surface area contributed by atoms with E-state index < -0.39 is 0 Å². The normalized spacial score (nSPS) is 40.8. The summed E-state index contributed by atoms with van der Waals surface area (Å²) < 4.78 is 0. The average Bonchev–Trinajstić information content (AvgIpc) is 2.05. The Morgan fingerprint density at radius 1 is 1.20 bits per heavy atom. The van der Waals surface area contributed by atoms with Crippen LogP contribution in [0, 0.1) is 12.5 Å². The molecule has 2 fully saturated rings. The van der Waals surface area contributed by atoms with Crippen LogP contribution in [-0.2, 0) is 0 Å². The molecule has 57 valence electrons. The van der Waals surface area contributed by atoms with Gasteiger partial charge in [0.25, 0.3) is 0 Å². The summed E-state index contributed by atoms with van der Waals surface area (Å²) in [4.78, 5) is 0. The maximum absolute atomic E-state index is 3.32. The lowest BCUT2D eigenvalue weighted by molar-refractivity contribution is 0.207. The molecule has 0 aromatic rings. The molecule has 0 spiro atoms. The van der Waals surface area contributed by atoms with Crippen LogP contribution in [0.25, 0.3) is 0 Å². The van der Waals surface area contributed by atoms with Crippen molar-refractivity contribution in [2.75, 3.05) is 0 Å². The lowest BCUT2D eigenvalue weighted by atomic mass is 9.82. The van der Waals surface area contributed by atoms with Crippen LogP contribution in [0.4, 0.5) is 0 Å². The SMILES string of the molecule is [CH]1CC2CCCCC2NN1. The molecule has 2 unspecified atom stereocenters. The number of hydrogen-bond donors (Lipinski definition) is 2. The molecule has 1 saturated heterocycles. The van der Waals surface area contributed by atoms with Crippen molar-refractivity contribution >= 4 is 0 Å². The lowest BCUT2D eigenvalue weighted by Gasteiger charge is -2.36. The highest BCUT2D eigenvalue weighted by molar-refractivity contribution is 4.86. The van der Waals surface area contributed by atoms with Gasteiger partial charge in [0.1, 0.15) is 0 Å². The number of rotatable bonds is 0. The molecule has 0 bridgehead atoms. The van der Waals surface area contributed by atoms with E-state index in [4.69, 9.17) is 0 Å². The van der Waals surface area contributed by atoms with Gasteiger partial charge in [-0.1, -0.05) is 12.8 Å². The van der Waals surface area contributed by atoms with E-state index in [1.165, 1.54) is 32.1 Å². The van der Waals surface area contributed by atoms with E-state index in [0.29, 0.717) is 0 Å². The first-order valence-corrected chi connectivity index (χ1v) is 4.29. The van der Waals surface area contributed by atoms with Crippen molar-refractivity contribution in [1.82, 2.24) is 10.9 Å². The molecule has 0 amide bonds. The summed E-state index contributed by atoms with van der Waals surface area (Å²) in [6.07, 6.45) is 6.91. The largest absolute Gasteiger partial charge is 0.254 e. The zero-order valence-corrected chi connectivity index (χ0v) is 6.27. The fourth-order valence-corrected chi connectivity index (χ4v) is 2.06. The smallest absolute Gasteiger partial charge is 0.0383 e. The first-order chi connectivity index (χ1) is 4.97. The third-order valence-corrected chi connectivity index (χ3v) is 2.70. The molecule has 1 aliphatic heterocycles. The van der Waals surface area contributed by atoms with Crippen LogP contribution in [0.2, 0.25) is 0 Å². The Hall–Kier alpha value is -0.0800. The van der Waals surface area contributed by atoms with Gasteiger partial charge in [0.15, 0.2) is 0 Å². The zero-order valence-electron chi connectivity index (χ0n) is 6.27. The number of hydrogen-bond acceptors (Lipinski definition) is 2. The third-order valence-electron chi connectivity index (χ3n) is 2.70. The van der Waals surface area contributed by atoms with E-state index in [9.17, 15) is 0 Å². The predicted molar refractivity (Wildman–Crippen MR) is 40.9 cm³/mol. The lowest BCUT2D eigenvalue weighted by Crippen LogP contribution is -2.49. The Kier molecular flexibility index (Phi) is 1.91. The molecule has 1 saturated carbocycles. The van der Waals surface area contributed by atoms with Gasteiger partial charge in [-0.25, -0.2) is 0 Å². The summed E-state index contributed by atoms with van der Waals surface area (Å²) in [6, 6.07) is 0.763. The van der Waals surface area contributed by atoms with Gasteiger partial charge in [-0.3, -0.25) is 10.9 Å². The number of hydrazine groups is 1. The van der Waals surface area contributed by atoms with Crippen molar-refractivity contribution in [1.29, 1.82) is 0 Å². The molecule has 0 aromatic heterocycles. The molecule has 0 aromatic carbocycles. The van der Waals surface area contributed by atoms with Crippen molar-refractivity contribution in [2.45, 2.75) is 38.1 Å². The molecular formula is C8H15N2. The topological polar surface area (TPSA) is 24.1 Å². The van der Waals surface area contributed by atoms with Crippen LogP contribution in [0.3, 0.4) is 0 Å². The van der Waals surface area contributed by atoms with Crippen molar-refractivity contribution in [2.24, 2.45) is 5.92 Å². The van der Waals surface area contributed by atoms with Gasteiger partial charge in [-0.2, -0.15) is 0 Å². The van der Waals surface area contributed by atoms with Crippen LogP contribution in [0.5, 0.6) is 0 Å². The van der Waals surface area contributed by atoms with E-state index >= 15 is 0 Å². The molecule has 2 N–H and O–H groups in total. The van der Waals surface area contributed by atoms with Crippen LogP contribution in [0.15, 0.2) is 0 Å². The Morgan fingerprint density at radius 3 is 3.00 bits per heavy atom. The minimum atomic E-state index is 0.763. The summed E-state index contributed by atoms with van der Waals surface area (Å²) in [6.45, 7) is 2.15. The van der Waals surface area contributed by atoms with Gasteiger partial charge in [-0.05, 0) is 25.2 Å². The van der Waals surface area contributed by atoms with Gasteiger partial charge in [0.05, 0.1) is 0 Å². The molecule has 10 heavy (non-hydrogen) atoms. The minimum Gasteiger partial charge on any atom is -0.254 e. The summed E-state index contributed by atoms with van der Waals surface area (Å²) in [5.74, 6) is 0.926. The molecule has 1 aliphatic carbocycles. The Bertz CT molecular complexity index is 87.8. The standard InChI is InChI=1S/C8H15N2/c1-2-4-8-7(3-1)5-6-9-10-8/h6-10H,1-5H2. The summed E-state index contributed by atoms with van der Waals surface area (Å²) >= 11 is 0. The second-order valence-corrected chi connectivity index (χ2v) is 3.38. The van der Waals surface area contributed by atoms with Gasteiger partial charge >= 0.3 is 0 Å². The van der Waals surface area contributed by atoms with Crippen LogP contribution >= 0.6 is 0 Å². The first kappa shape index (κ1) is 6.62. The van der Waals surface area contributed by atoms with E-state index in [1.807, 2.05) is 0 Å². The van der Waals surface area contributed by atoms with Crippen LogP contribution in [0.1, 0.15) is 32.1 Å². The monoisotopic (exact) mass is 139 g/mol. The fraction of sp³-hybridized carbons (Fsp3) is 0.875. The van der Waals surface area contributed by atoms with Gasteiger partial charge in [-0.15, -0.1) is 0 Å². The fourth-order valence-electron chi connectivity index (χ4n) is 2.06. The molecule has 1 radical (unpaired) electrons. The maximum Gasteiger partial charge on any atom is 0.0383 e. The first-order valence-electron chi connectivity index (χ1n) is 4.29. The Labute approximate surface area is 62.4 Å². The van der Waals surface area contributed by atoms with Gasteiger partial charge in [0.2, 0.25) is 0 Å². The minimum absolute atomic E-state index is 0.763. The summed E-state index contributed by atoms with van der Waals surface area (Å²) in [5, 5.41) is 0. The summed E-state index contributed by atoms with van der Waals surface area (Å²) in [7, 11) is 0. The zero-order chi connectivity index (χ0) is 6.81. The van der Waals surface area contributed by atoms with E-state index in [2.05, 4.69) is 17.4 Å². The van der Waals surface area contributed by atoms with Crippen molar-refractivity contribution in [3.05, 3.63) is 6.54 Å². The van der Waals surface area contributed by atoms with Crippen LogP contribution < -0.4 is 10.9 Å². The Balaban J connectivity index is 1.93. The number of fused-ring (bicyclic) bond motifs is 1. The summed E-state index contributed by atoms with van der Waals surface area (Å²) in [5.41, 5.74) is 6.42. The quantitative estimate of drug-likeness (QED) is 0.527. The second kappa shape index (κ2) is 2.89. The Morgan fingerprint density at radius 2 is 2.10 bits per heavy atom. The maximum atomic E-state index is 3.32. The highest BCUT2D eigenvalue weighted by Crippen LogP contribution is 2.28. The van der Waals surface area contributed by atoms with Crippen molar-refractivity contribution in [3.8, 4) is 0 Å². The molecular weight excluding hydrogens is 124 g/mol. The predicted octanol–water partition coefficient (Wildman–Crippen LogP) is 1.20. The van der Waals surface area contributed by atoms with Gasteiger partial charge in [0, 0.05) is 12.6 Å². The molecule has 2 heteroatoms. The molecule has 2 nitrogen and oxygen atoms in total.